The zero-order chi connectivity index (χ0) is 8.39. The van der Waals surface area contributed by atoms with Gasteiger partial charge in [0.2, 0.25) is 6.34 Å². The summed E-state index contributed by atoms with van der Waals surface area (Å²) < 4.78 is 1.72. The van der Waals surface area contributed by atoms with Gasteiger partial charge in [-0.1, -0.05) is 4.90 Å². The quantitative estimate of drug-likeness (QED) is 0.430. The molecule has 5 heteroatoms. The molecule has 4 nitrogen and oxygen atoms in total. The molecule has 0 aromatic carbocycles. The van der Waals surface area contributed by atoms with E-state index in [2.05, 4.69) is 16.2 Å². The molecule has 0 aliphatic carbocycles. The SMILES string of the molecule is S=C(N1[C+]=CN=C1)n1ccnc1. The van der Waals surface area contributed by atoms with Gasteiger partial charge < -0.3 is 0 Å². The first-order valence-corrected chi connectivity index (χ1v) is 3.71. The Hall–Kier alpha value is -1.58. The van der Waals surface area contributed by atoms with E-state index in [0.29, 0.717) is 5.11 Å². The summed E-state index contributed by atoms with van der Waals surface area (Å²) in [4.78, 5) is 9.34. The van der Waals surface area contributed by atoms with Gasteiger partial charge >= 0.3 is 5.11 Å². The zero-order valence-electron chi connectivity index (χ0n) is 6.08. The highest BCUT2D eigenvalue weighted by molar-refractivity contribution is 7.80. The fourth-order valence-electron chi connectivity index (χ4n) is 0.830. The van der Waals surface area contributed by atoms with Crippen molar-refractivity contribution in [2.24, 2.45) is 4.99 Å². The third kappa shape index (κ3) is 1.11. The highest BCUT2D eigenvalue weighted by Gasteiger charge is 2.19. The Morgan fingerprint density at radius 2 is 2.42 bits per heavy atom. The lowest BCUT2D eigenvalue weighted by atomic mass is 10.7. The summed E-state index contributed by atoms with van der Waals surface area (Å²) >= 11 is 5.11. The summed E-state index contributed by atoms with van der Waals surface area (Å²) in [6, 6.07) is 0. The van der Waals surface area contributed by atoms with Crippen LogP contribution in [-0.4, -0.2) is 25.9 Å². The Kier molecular flexibility index (Phi) is 1.66. The standard InChI is InChI=1S/C7H5N4S/c12-7(10-3-1-8-5-10)11-4-2-9-6-11/h1-3,5-6H/q+1. The van der Waals surface area contributed by atoms with Gasteiger partial charge in [-0.2, -0.15) is 4.99 Å². The Morgan fingerprint density at radius 1 is 1.50 bits per heavy atom. The second kappa shape index (κ2) is 2.81. The molecule has 0 bridgehead atoms. The number of hydrogen-bond donors (Lipinski definition) is 0. The number of nitrogens with zero attached hydrogens (tertiary/aromatic N) is 4. The van der Waals surface area contributed by atoms with E-state index in [0.717, 1.165) is 0 Å². The number of aliphatic imine (C=N–C) groups is 1. The number of rotatable bonds is 0. The Balaban J connectivity index is 2.21. The van der Waals surface area contributed by atoms with Crippen LogP contribution < -0.4 is 0 Å². The summed E-state index contributed by atoms with van der Waals surface area (Å²) in [5.74, 6) is 0. The number of hydrogen-bond acceptors (Lipinski definition) is 3. The van der Waals surface area contributed by atoms with Gasteiger partial charge in [-0.3, -0.25) is 0 Å². The van der Waals surface area contributed by atoms with Gasteiger partial charge in [0, 0.05) is 24.6 Å². The highest BCUT2D eigenvalue weighted by atomic mass is 32.1. The molecule has 0 amide bonds. The molecule has 58 valence electrons. The predicted molar refractivity (Wildman–Crippen MR) is 48.4 cm³/mol. The Morgan fingerprint density at radius 3 is 3.00 bits per heavy atom. The molecule has 1 aliphatic rings. The molecule has 0 saturated carbocycles. The summed E-state index contributed by atoms with van der Waals surface area (Å²) in [6.07, 6.45) is 11.1. The van der Waals surface area contributed by atoms with Gasteiger partial charge in [-0.25, -0.2) is 9.55 Å². The van der Waals surface area contributed by atoms with Crippen molar-refractivity contribution in [1.82, 2.24) is 14.5 Å². The van der Waals surface area contributed by atoms with Gasteiger partial charge in [-0.05, 0) is 0 Å². The van der Waals surface area contributed by atoms with E-state index >= 15 is 0 Å². The molecule has 0 radical (unpaired) electrons. The normalized spacial score (nSPS) is 13.5. The van der Waals surface area contributed by atoms with Crippen LogP contribution in [-0.2, 0) is 0 Å². The van der Waals surface area contributed by atoms with E-state index in [1.807, 2.05) is 0 Å². The van der Waals surface area contributed by atoms with Crippen LogP contribution in [0.1, 0.15) is 0 Å². The van der Waals surface area contributed by atoms with E-state index in [4.69, 9.17) is 12.2 Å². The lowest BCUT2D eigenvalue weighted by Gasteiger charge is -1.99. The topological polar surface area (TPSA) is 33.4 Å². The zero-order valence-corrected chi connectivity index (χ0v) is 6.90. The van der Waals surface area contributed by atoms with Crippen LogP contribution in [0.25, 0.3) is 0 Å². The van der Waals surface area contributed by atoms with Crippen LogP contribution in [0.15, 0.2) is 29.9 Å². The van der Waals surface area contributed by atoms with E-state index < -0.39 is 0 Å². The van der Waals surface area contributed by atoms with Gasteiger partial charge in [-0.15, -0.1) is 0 Å². The van der Waals surface area contributed by atoms with Crippen molar-refractivity contribution < 1.29 is 0 Å². The van der Waals surface area contributed by atoms with Crippen LogP contribution in [0.4, 0.5) is 0 Å². The van der Waals surface area contributed by atoms with E-state index in [1.165, 1.54) is 0 Å². The lowest BCUT2D eigenvalue weighted by molar-refractivity contribution is 0.808. The maximum atomic E-state index is 5.11. The summed E-state index contributed by atoms with van der Waals surface area (Å²) in [5.41, 5.74) is 0. The Bertz CT molecular complexity index is 326. The second-order valence-corrected chi connectivity index (χ2v) is 2.51. The van der Waals surface area contributed by atoms with Gasteiger partial charge in [0.1, 0.15) is 6.33 Å². The van der Waals surface area contributed by atoms with Crippen molar-refractivity contribution >= 4 is 23.7 Å². The number of imidazole rings is 1. The van der Waals surface area contributed by atoms with E-state index in [-0.39, 0.29) is 0 Å². The van der Waals surface area contributed by atoms with Crippen molar-refractivity contribution in [3.63, 3.8) is 0 Å². The molecule has 1 aliphatic heterocycles. The third-order valence-corrected chi connectivity index (χ3v) is 1.79. The molecule has 2 rings (SSSR count). The van der Waals surface area contributed by atoms with E-state index in [1.54, 1.807) is 40.7 Å². The molecule has 2 heterocycles. The van der Waals surface area contributed by atoms with Crippen LogP contribution in [0.5, 0.6) is 0 Å². The van der Waals surface area contributed by atoms with Crippen molar-refractivity contribution in [3.05, 3.63) is 31.1 Å². The van der Waals surface area contributed by atoms with Crippen molar-refractivity contribution in [2.45, 2.75) is 0 Å². The molecular formula is C7H5N4S+. The summed E-state index contributed by atoms with van der Waals surface area (Å²) in [5, 5.41) is 0.588. The van der Waals surface area contributed by atoms with Crippen LogP contribution in [0, 0.1) is 6.20 Å². The minimum Gasteiger partial charge on any atom is -0.244 e. The lowest BCUT2D eigenvalue weighted by Crippen LogP contribution is -2.26. The second-order valence-electron chi connectivity index (χ2n) is 2.15. The molecule has 0 N–H and O–H groups in total. The molecule has 12 heavy (non-hydrogen) atoms. The first-order valence-electron chi connectivity index (χ1n) is 3.30. The molecule has 0 fully saturated rings. The summed E-state index contributed by atoms with van der Waals surface area (Å²) in [6.45, 7) is 0. The monoisotopic (exact) mass is 177 g/mol. The molecular weight excluding hydrogens is 172 g/mol. The molecule has 0 saturated heterocycles. The fourth-order valence-corrected chi connectivity index (χ4v) is 1.04. The number of thiocarbonyl (C=S) groups is 1. The van der Waals surface area contributed by atoms with Gasteiger partial charge in [0.25, 0.3) is 0 Å². The Labute approximate surface area is 74.8 Å². The minimum atomic E-state index is 0.588. The molecule has 0 spiro atoms. The largest absolute Gasteiger partial charge is 0.304 e. The van der Waals surface area contributed by atoms with Crippen LogP contribution >= 0.6 is 12.2 Å². The average molecular weight is 177 g/mol. The predicted octanol–water partition coefficient (Wildman–Crippen LogP) is 0.634. The molecule has 0 atom stereocenters. The molecule has 0 unspecified atom stereocenters. The van der Waals surface area contributed by atoms with Crippen molar-refractivity contribution in [2.75, 3.05) is 0 Å². The van der Waals surface area contributed by atoms with Crippen molar-refractivity contribution in [1.29, 1.82) is 0 Å². The fraction of sp³-hybridized carbons (Fsp3) is 0. The first-order chi connectivity index (χ1) is 5.88. The summed E-state index contributed by atoms with van der Waals surface area (Å²) in [7, 11) is 0. The maximum Gasteiger partial charge on any atom is 0.304 e. The molecule has 1 aromatic rings. The highest BCUT2D eigenvalue weighted by Crippen LogP contribution is 1.99. The van der Waals surface area contributed by atoms with Gasteiger partial charge in [0.05, 0.1) is 0 Å². The smallest absolute Gasteiger partial charge is 0.244 e. The first kappa shape index (κ1) is 7.09. The molecule has 1 aromatic heterocycles. The van der Waals surface area contributed by atoms with Crippen LogP contribution in [0.2, 0.25) is 0 Å². The third-order valence-electron chi connectivity index (χ3n) is 1.38. The van der Waals surface area contributed by atoms with Gasteiger partial charge in [0.15, 0.2) is 12.4 Å². The average Bonchev–Trinajstić information content (AvgIpc) is 2.77. The van der Waals surface area contributed by atoms with Crippen LogP contribution in [0.3, 0.4) is 0 Å². The maximum absolute atomic E-state index is 5.11. The van der Waals surface area contributed by atoms with Crippen molar-refractivity contribution in [3.8, 4) is 0 Å². The number of aromatic nitrogens is 2. The van der Waals surface area contributed by atoms with E-state index in [9.17, 15) is 0 Å². The minimum absolute atomic E-state index is 0.588.